The largest absolute Gasteiger partial charge is 0.385 e. The lowest BCUT2D eigenvalue weighted by Crippen LogP contribution is -2.42. The molecule has 2 heterocycles. The van der Waals surface area contributed by atoms with Crippen LogP contribution in [0.3, 0.4) is 0 Å². The van der Waals surface area contributed by atoms with Crippen LogP contribution < -0.4 is 10.6 Å². The molecule has 1 spiro atoms. The Labute approximate surface area is 126 Å². The van der Waals surface area contributed by atoms with Crippen molar-refractivity contribution in [2.24, 2.45) is 0 Å². The molecule has 2 aliphatic heterocycles. The quantitative estimate of drug-likeness (QED) is 0.668. The number of amides is 1. The van der Waals surface area contributed by atoms with E-state index in [1.165, 1.54) is 0 Å². The molecule has 2 saturated heterocycles. The zero-order valence-corrected chi connectivity index (χ0v) is 13.2. The molecular weight excluding hydrogens is 272 g/mol. The van der Waals surface area contributed by atoms with Crippen molar-refractivity contribution >= 4 is 5.91 Å². The molecule has 0 aliphatic carbocycles. The second kappa shape index (κ2) is 8.08. The standard InChI is InChI=1S/C15H28N2O4/c1-12(14(18)17-6-3-9-19-2)21-13-10-15(20-11-13)4-7-16-8-5-15/h12-13,16H,3-11H2,1-2H3,(H,17,18). The molecule has 2 atom stereocenters. The average molecular weight is 300 g/mol. The fraction of sp³-hybridized carbons (Fsp3) is 0.933. The highest BCUT2D eigenvalue weighted by Gasteiger charge is 2.42. The van der Waals surface area contributed by atoms with Crippen molar-refractivity contribution in [2.75, 3.05) is 40.0 Å². The van der Waals surface area contributed by atoms with Gasteiger partial charge >= 0.3 is 0 Å². The van der Waals surface area contributed by atoms with Crippen LogP contribution in [0.4, 0.5) is 0 Å². The molecule has 2 unspecified atom stereocenters. The van der Waals surface area contributed by atoms with E-state index in [2.05, 4.69) is 10.6 Å². The minimum absolute atomic E-state index is 0.0232. The van der Waals surface area contributed by atoms with Gasteiger partial charge < -0.3 is 24.8 Å². The predicted octanol–water partition coefficient (Wildman–Crippen LogP) is 0.455. The Hall–Kier alpha value is -0.690. The third-order valence-corrected chi connectivity index (χ3v) is 4.28. The molecule has 0 saturated carbocycles. The van der Waals surface area contributed by atoms with E-state index in [1.54, 1.807) is 14.0 Å². The normalized spacial score (nSPS) is 25.9. The number of piperidine rings is 1. The van der Waals surface area contributed by atoms with Crippen molar-refractivity contribution in [1.29, 1.82) is 0 Å². The maximum absolute atomic E-state index is 11.9. The average Bonchev–Trinajstić information content (AvgIpc) is 2.86. The van der Waals surface area contributed by atoms with Crippen molar-refractivity contribution in [3.05, 3.63) is 0 Å². The van der Waals surface area contributed by atoms with Gasteiger partial charge in [0.2, 0.25) is 5.91 Å². The Morgan fingerprint density at radius 2 is 2.24 bits per heavy atom. The van der Waals surface area contributed by atoms with Crippen LogP contribution in [0.5, 0.6) is 0 Å². The van der Waals surface area contributed by atoms with Crippen LogP contribution >= 0.6 is 0 Å². The highest BCUT2D eigenvalue weighted by Crippen LogP contribution is 2.35. The van der Waals surface area contributed by atoms with Gasteiger partial charge in [-0.15, -0.1) is 0 Å². The Balaban J connectivity index is 1.68. The molecule has 0 aromatic carbocycles. The minimum atomic E-state index is -0.432. The maximum Gasteiger partial charge on any atom is 0.248 e. The number of rotatable bonds is 7. The van der Waals surface area contributed by atoms with Gasteiger partial charge in [-0.3, -0.25) is 4.79 Å². The molecule has 0 radical (unpaired) electrons. The van der Waals surface area contributed by atoms with Gasteiger partial charge in [0.05, 0.1) is 18.3 Å². The van der Waals surface area contributed by atoms with E-state index in [9.17, 15) is 4.79 Å². The van der Waals surface area contributed by atoms with Crippen LogP contribution in [0.1, 0.15) is 32.6 Å². The summed E-state index contributed by atoms with van der Waals surface area (Å²) < 4.78 is 16.8. The zero-order valence-electron chi connectivity index (χ0n) is 13.2. The number of nitrogens with one attached hydrogen (secondary N) is 2. The first-order chi connectivity index (χ1) is 10.2. The zero-order chi connectivity index (χ0) is 15.1. The number of methoxy groups -OCH3 is 1. The molecule has 21 heavy (non-hydrogen) atoms. The first-order valence-electron chi connectivity index (χ1n) is 7.92. The van der Waals surface area contributed by atoms with E-state index < -0.39 is 6.10 Å². The molecule has 6 heteroatoms. The van der Waals surface area contributed by atoms with Gasteiger partial charge in [0, 0.05) is 26.7 Å². The summed E-state index contributed by atoms with van der Waals surface area (Å²) in [6.45, 7) is 5.69. The Morgan fingerprint density at radius 1 is 1.48 bits per heavy atom. The number of hydrogen-bond acceptors (Lipinski definition) is 5. The van der Waals surface area contributed by atoms with Crippen molar-refractivity contribution < 1.29 is 19.0 Å². The number of carbonyl (C=O) groups is 1. The third-order valence-electron chi connectivity index (χ3n) is 4.28. The number of carbonyl (C=O) groups excluding carboxylic acids is 1. The molecule has 122 valence electrons. The molecule has 2 N–H and O–H groups in total. The van der Waals surface area contributed by atoms with E-state index in [0.717, 1.165) is 38.8 Å². The summed E-state index contributed by atoms with van der Waals surface area (Å²) in [5, 5.41) is 6.22. The van der Waals surface area contributed by atoms with Gasteiger partial charge in [0.1, 0.15) is 6.10 Å². The first kappa shape index (κ1) is 16.7. The van der Waals surface area contributed by atoms with Gasteiger partial charge in [-0.1, -0.05) is 0 Å². The van der Waals surface area contributed by atoms with Crippen molar-refractivity contribution in [2.45, 2.75) is 50.4 Å². The molecule has 2 fully saturated rings. The SMILES string of the molecule is COCCCNC(=O)C(C)OC1COC2(CCNCC2)C1. The smallest absolute Gasteiger partial charge is 0.248 e. The van der Waals surface area contributed by atoms with Gasteiger partial charge in [-0.05, 0) is 39.3 Å². The molecule has 6 nitrogen and oxygen atoms in total. The van der Waals surface area contributed by atoms with Crippen molar-refractivity contribution in [3.8, 4) is 0 Å². The summed E-state index contributed by atoms with van der Waals surface area (Å²) in [5.41, 5.74) is -0.0232. The van der Waals surface area contributed by atoms with Crippen LogP contribution in [0, 0.1) is 0 Å². The first-order valence-corrected chi connectivity index (χ1v) is 7.92. The number of ether oxygens (including phenoxy) is 3. The van der Waals surface area contributed by atoms with Gasteiger partial charge in [-0.2, -0.15) is 0 Å². The second-order valence-corrected chi connectivity index (χ2v) is 5.99. The summed E-state index contributed by atoms with van der Waals surface area (Å²) in [5.74, 6) is -0.0580. The topological polar surface area (TPSA) is 68.8 Å². The number of hydrogen-bond donors (Lipinski definition) is 2. The van der Waals surface area contributed by atoms with Crippen LogP contribution in [-0.4, -0.2) is 63.7 Å². The highest BCUT2D eigenvalue weighted by molar-refractivity contribution is 5.80. The summed E-state index contributed by atoms with van der Waals surface area (Å²) in [7, 11) is 1.66. The highest BCUT2D eigenvalue weighted by atomic mass is 16.6. The monoisotopic (exact) mass is 300 g/mol. The molecular formula is C15H28N2O4. The van der Waals surface area contributed by atoms with Gasteiger partial charge in [0.25, 0.3) is 0 Å². The molecule has 2 aliphatic rings. The van der Waals surface area contributed by atoms with Gasteiger partial charge in [0.15, 0.2) is 0 Å². The van der Waals surface area contributed by atoms with Crippen LogP contribution in [0.15, 0.2) is 0 Å². The summed E-state index contributed by atoms with van der Waals surface area (Å²) >= 11 is 0. The van der Waals surface area contributed by atoms with E-state index in [-0.39, 0.29) is 17.6 Å². The molecule has 0 bridgehead atoms. The lowest BCUT2D eigenvalue weighted by Gasteiger charge is -2.32. The van der Waals surface area contributed by atoms with E-state index >= 15 is 0 Å². The molecule has 1 amide bonds. The fourth-order valence-electron chi connectivity index (χ4n) is 3.04. The minimum Gasteiger partial charge on any atom is -0.385 e. The lowest BCUT2D eigenvalue weighted by atomic mass is 9.89. The van der Waals surface area contributed by atoms with E-state index in [0.29, 0.717) is 19.8 Å². The second-order valence-electron chi connectivity index (χ2n) is 5.99. The van der Waals surface area contributed by atoms with Crippen LogP contribution in [0.2, 0.25) is 0 Å². The summed E-state index contributed by atoms with van der Waals surface area (Å²) in [4.78, 5) is 11.9. The van der Waals surface area contributed by atoms with E-state index in [1.807, 2.05) is 0 Å². The predicted molar refractivity (Wildman–Crippen MR) is 79.2 cm³/mol. The Morgan fingerprint density at radius 3 is 2.95 bits per heavy atom. The lowest BCUT2D eigenvalue weighted by molar-refractivity contribution is -0.135. The summed E-state index contributed by atoms with van der Waals surface area (Å²) in [6, 6.07) is 0. The Bertz CT molecular complexity index is 332. The third kappa shape index (κ3) is 4.92. The summed E-state index contributed by atoms with van der Waals surface area (Å²) in [6.07, 6.45) is 3.38. The van der Waals surface area contributed by atoms with Crippen molar-refractivity contribution in [1.82, 2.24) is 10.6 Å². The molecule has 0 aromatic heterocycles. The maximum atomic E-state index is 11.9. The molecule has 0 aromatic rings. The molecule has 2 rings (SSSR count). The van der Waals surface area contributed by atoms with Crippen molar-refractivity contribution in [3.63, 3.8) is 0 Å². The fourth-order valence-corrected chi connectivity index (χ4v) is 3.04. The van der Waals surface area contributed by atoms with E-state index in [4.69, 9.17) is 14.2 Å². The Kier molecular flexibility index (Phi) is 6.41. The van der Waals surface area contributed by atoms with Crippen LogP contribution in [-0.2, 0) is 19.0 Å². The van der Waals surface area contributed by atoms with Crippen LogP contribution in [0.25, 0.3) is 0 Å². The van der Waals surface area contributed by atoms with Gasteiger partial charge in [-0.25, -0.2) is 0 Å².